The van der Waals surface area contributed by atoms with Crippen molar-refractivity contribution in [2.24, 2.45) is 12.8 Å². The van der Waals surface area contributed by atoms with Crippen LogP contribution in [0.15, 0.2) is 71.9 Å². The minimum absolute atomic E-state index is 0. The molecule has 276 valence electrons. The molecule has 0 unspecified atom stereocenters. The highest BCUT2D eigenvalue weighted by molar-refractivity contribution is 9.12. The molecule has 0 atom stereocenters. The van der Waals surface area contributed by atoms with Crippen LogP contribution < -0.4 is 27.8 Å². The van der Waals surface area contributed by atoms with Gasteiger partial charge in [-0.05, 0) is 105 Å². The molecule has 8 N–H and O–H groups in total. The maximum absolute atomic E-state index is 10.4. The number of halogens is 6. The Labute approximate surface area is 343 Å². The third kappa shape index (κ3) is 17.5. The fraction of sp³-hybridized carbons (Fsp3) is 0.185. The van der Waals surface area contributed by atoms with Gasteiger partial charge in [0.25, 0.3) is 0 Å². The summed E-state index contributed by atoms with van der Waals surface area (Å²) in [4.78, 5) is 40.8. The number of aryl methyl sites for hydroxylation is 1. The van der Waals surface area contributed by atoms with Gasteiger partial charge in [-0.15, -0.1) is 0 Å². The van der Waals surface area contributed by atoms with Crippen LogP contribution in [0.3, 0.4) is 0 Å². The molecule has 0 bridgehead atoms. The van der Waals surface area contributed by atoms with Crippen LogP contribution in [0.2, 0.25) is 0 Å². The lowest BCUT2D eigenvalue weighted by atomic mass is 10.3. The molecule has 0 saturated heterocycles. The van der Waals surface area contributed by atoms with Crippen molar-refractivity contribution in [3.05, 3.63) is 92.2 Å². The van der Waals surface area contributed by atoms with E-state index in [0.717, 1.165) is 25.9 Å². The largest absolute Gasteiger partial charge is 0.396 e. The number of aromatic nitrogens is 6. The highest BCUT2D eigenvalue weighted by Gasteiger charge is 2.13. The average molecular weight is 1100 g/mol. The highest BCUT2D eigenvalue weighted by Crippen LogP contribution is 2.26. The molecule has 0 saturated carbocycles. The van der Waals surface area contributed by atoms with Crippen molar-refractivity contribution in [1.82, 2.24) is 29.5 Å². The Morgan fingerprint density at radius 1 is 0.765 bits per heavy atom. The van der Waals surface area contributed by atoms with Crippen LogP contribution in [0, 0.1) is 30.5 Å². The second-order valence-electron chi connectivity index (χ2n) is 8.20. The summed E-state index contributed by atoms with van der Waals surface area (Å²) >= 11 is 18.2. The van der Waals surface area contributed by atoms with E-state index in [1.54, 1.807) is 30.5 Å². The first-order valence-electron chi connectivity index (χ1n) is 12.9. The monoisotopic (exact) mass is 1090 g/mol. The predicted molar refractivity (Wildman–Crippen MR) is 222 cm³/mol. The molecule has 18 nitrogen and oxygen atoms in total. The van der Waals surface area contributed by atoms with Gasteiger partial charge in [-0.25, -0.2) is 24.9 Å². The smallest absolute Gasteiger partial charge is 0.310 e. The summed E-state index contributed by atoms with van der Waals surface area (Å²) in [5.41, 5.74) is 19.4. The number of nitrogens with one attached hydrogen (secondary N) is 2. The number of nitrogen functional groups attached to an aromatic ring is 2. The van der Waals surface area contributed by atoms with E-state index in [9.17, 15) is 20.2 Å². The van der Waals surface area contributed by atoms with Crippen LogP contribution >= 0.6 is 95.6 Å². The van der Waals surface area contributed by atoms with Crippen molar-refractivity contribution in [3.8, 4) is 4.98 Å². The lowest BCUT2D eigenvalue weighted by molar-refractivity contribution is -0.386. The van der Waals surface area contributed by atoms with Gasteiger partial charge in [-0.2, -0.15) is 5.26 Å². The van der Waals surface area contributed by atoms with Gasteiger partial charge >= 0.3 is 11.4 Å². The highest BCUT2D eigenvalue weighted by atomic mass is 79.9. The summed E-state index contributed by atoms with van der Waals surface area (Å²) < 4.78 is 4.95. The quantitative estimate of drug-likeness (QED) is 0.0645. The summed E-state index contributed by atoms with van der Waals surface area (Å²) in [7, 11) is 6.81. The Balaban J connectivity index is 0. The Bertz CT molecular complexity index is 1910. The number of nitrogens with zero attached hydrogens (tertiary/aromatic N) is 9. The predicted octanol–water partition coefficient (Wildman–Crippen LogP) is 8.16. The molecular weight excluding hydrogens is 1060 g/mol. The van der Waals surface area contributed by atoms with Gasteiger partial charge in [0.05, 0.1) is 43.6 Å². The van der Waals surface area contributed by atoms with Gasteiger partial charge < -0.3 is 32.4 Å². The van der Waals surface area contributed by atoms with Gasteiger partial charge in [0.2, 0.25) is 5.95 Å². The standard InChI is InChI=1S/C7H7BrN4.C6H6BrN3O2.C6H8BrN3.C5H2Br2N2O2.CBrN.CH5N.CH4/c1-12-5-2-6(8)10-3-4(5)11-7(12)9;1-8-4-2-6(7)9-3-5(4)10(11)12;1-9-5-2-6(7)10-3-4(5)8;6-3-1-5(7)8-2-4(3)9(10)11;2-1-3;1-2;/h2-3H,1H3,(H2,9,11);2-3H,1H3,(H,8,9);2-3H,8H2,1H3,(H,9,10);1-2H;;2H2,1H3;1H4. The summed E-state index contributed by atoms with van der Waals surface area (Å²) in [5.74, 6) is 0.505. The molecule has 0 radical (unpaired) electrons. The van der Waals surface area contributed by atoms with E-state index in [-0.39, 0.29) is 18.8 Å². The van der Waals surface area contributed by atoms with E-state index in [4.69, 9.17) is 16.7 Å². The van der Waals surface area contributed by atoms with Crippen molar-refractivity contribution in [2.75, 3.05) is 43.2 Å². The van der Waals surface area contributed by atoms with Crippen LogP contribution in [0.4, 0.5) is 34.4 Å². The molecule has 0 fully saturated rings. The Morgan fingerprint density at radius 3 is 1.63 bits per heavy atom. The topological polar surface area (TPSA) is 282 Å². The number of nitrogens with two attached hydrogens (primary N) is 3. The Morgan fingerprint density at radius 2 is 1.18 bits per heavy atom. The molecule has 0 aromatic carbocycles. The van der Waals surface area contributed by atoms with Gasteiger partial charge in [0, 0.05) is 43.1 Å². The number of hydrogen-bond acceptors (Lipinski definition) is 15. The zero-order chi connectivity index (χ0) is 38.6. The molecular formula is C27H32Br6N14O4. The summed E-state index contributed by atoms with van der Waals surface area (Å²) in [5, 5.41) is 33.5. The zero-order valence-electron chi connectivity index (χ0n) is 26.3. The number of anilines is 4. The van der Waals surface area contributed by atoms with Crippen molar-refractivity contribution >= 4 is 141 Å². The normalized spacial score (nSPS) is 8.98. The van der Waals surface area contributed by atoms with Gasteiger partial charge in [0.15, 0.2) is 0 Å². The van der Waals surface area contributed by atoms with Crippen molar-refractivity contribution < 1.29 is 9.85 Å². The number of fused-ring (bicyclic) bond motifs is 1. The van der Waals surface area contributed by atoms with E-state index < -0.39 is 9.85 Å². The third-order valence-corrected chi connectivity index (χ3v) is 7.62. The minimum Gasteiger partial charge on any atom is -0.396 e. The molecule has 0 aliphatic heterocycles. The summed E-state index contributed by atoms with van der Waals surface area (Å²) in [6, 6.07) is 6.80. The molecule has 51 heavy (non-hydrogen) atoms. The van der Waals surface area contributed by atoms with Gasteiger partial charge in [-0.1, -0.05) is 7.43 Å². The zero-order valence-corrected chi connectivity index (χ0v) is 35.8. The second kappa shape index (κ2) is 26.2. The first kappa shape index (κ1) is 49.5. The van der Waals surface area contributed by atoms with E-state index in [1.165, 1.54) is 25.5 Å². The van der Waals surface area contributed by atoms with Gasteiger partial charge in [0.1, 0.15) is 47.0 Å². The number of nitro groups is 2. The van der Waals surface area contributed by atoms with Crippen molar-refractivity contribution in [2.45, 2.75) is 7.43 Å². The maximum Gasteiger partial charge on any atom is 0.310 e. The summed E-state index contributed by atoms with van der Waals surface area (Å²) in [6.07, 6.45) is 5.69. The molecule has 5 rings (SSSR count). The number of hydrogen-bond donors (Lipinski definition) is 5. The van der Waals surface area contributed by atoms with Crippen LogP contribution in [0.25, 0.3) is 11.0 Å². The minimum atomic E-state index is -0.497. The maximum atomic E-state index is 10.4. The lowest BCUT2D eigenvalue weighted by Crippen LogP contribution is -1.97. The van der Waals surface area contributed by atoms with E-state index in [2.05, 4.69) is 137 Å². The molecule has 0 aliphatic rings. The lowest BCUT2D eigenvalue weighted by Gasteiger charge is -2.02. The van der Waals surface area contributed by atoms with Crippen LogP contribution in [0.1, 0.15) is 7.43 Å². The molecule has 0 aliphatic carbocycles. The first-order valence-corrected chi connectivity index (χ1v) is 17.7. The van der Waals surface area contributed by atoms with Crippen LogP contribution in [-0.4, -0.2) is 60.5 Å². The average Bonchev–Trinajstić information content (AvgIpc) is 3.35. The van der Waals surface area contributed by atoms with Crippen LogP contribution in [0.5, 0.6) is 0 Å². The fourth-order valence-electron chi connectivity index (χ4n) is 3.05. The van der Waals surface area contributed by atoms with E-state index in [0.29, 0.717) is 31.0 Å². The van der Waals surface area contributed by atoms with Crippen molar-refractivity contribution in [1.29, 1.82) is 5.26 Å². The third-order valence-electron chi connectivity index (χ3n) is 5.25. The molecule has 5 heterocycles. The fourth-order valence-corrected chi connectivity index (χ4v) is 5.13. The molecule has 24 heteroatoms. The van der Waals surface area contributed by atoms with Crippen LogP contribution in [-0.2, 0) is 7.05 Å². The molecule has 5 aromatic heterocycles. The van der Waals surface area contributed by atoms with Gasteiger partial charge in [-0.3, -0.25) is 20.2 Å². The Hall–Kier alpha value is -3.60. The first-order chi connectivity index (χ1) is 23.6. The summed E-state index contributed by atoms with van der Waals surface area (Å²) in [6.45, 7) is 0. The van der Waals surface area contributed by atoms with E-state index >= 15 is 0 Å². The Kier molecular flexibility index (Phi) is 25.5. The van der Waals surface area contributed by atoms with E-state index in [1.807, 2.05) is 30.8 Å². The number of pyridine rings is 4. The molecule has 0 amide bonds. The SMILES string of the molecule is C.CN.CNc1cc(Br)ncc1N.CNc1cc(Br)ncc1[N+](=O)[O-].Cn1c(N)nc2cnc(Br)cc21.N#CBr.O=[N+]([O-])c1cnc(Br)cc1Br. The second-order valence-corrected chi connectivity index (χ2v) is 12.7. The van der Waals surface area contributed by atoms with Crippen molar-refractivity contribution in [3.63, 3.8) is 0 Å². The number of rotatable bonds is 4. The number of imidazole rings is 1. The molecule has 0 spiro atoms. The molecule has 5 aromatic rings. The number of nitriles is 1.